The predicted molar refractivity (Wildman–Crippen MR) is 65.8 cm³/mol. The Morgan fingerprint density at radius 3 is 3.06 bits per heavy atom. The van der Waals surface area contributed by atoms with Crippen molar-refractivity contribution >= 4 is 6.03 Å². The maximum atomic E-state index is 11.9. The topological polar surface area (TPSA) is 61.8 Å². The van der Waals surface area contributed by atoms with Crippen molar-refractivity contribution in [2.75, 3.05) is 32.9 Å². The molecule has 0 radical (unpaired) electrons. The van der Waals surface area contributed by atoms with Crippen LogP contribution in [0.3, 0.4) is 0 Å². The first kappa shape index (κ1) is 14.0. The second-order valence-electron chi connectivity index (χ2n) is 4.32. The second kappa shape index (κ2) is 7.29. The average Bonchev–Trinajstić information content (AvgIpc) is 2.82. The van der Waals surface area contributed by atoms with Crippen molar-refractivity contribution in [2.24, 2.45) is 5.92 Å². The number of ether oxygens (including phenoxy) is 1. The van der Waals surface area contributed by atoms with Crippen LogP contribution in [0.4, 0.5) is 4.79 Å². The lowest BCUT2D eigenvalue weighted by atomic mass is 10.0. The number of rotatable bonds is 6. The highest BCUT2D eigenvalue weighted by atomic mass is 16.5. The van der Waals surface area contributed by atoms with Crippen LogP contribution in [-0.2, 0) is 4.74 Å². The third-order valence-electron chi connectivity index (χ3n) is 3.03. The maximum Gasteiger partial charge on any atom is 0.317 e. The molecule has 2 N–H and O–H groups in total. The van der Waals surface area contributed by atoms with Gasteiger partial charge in [-0.3, -0.25) is 0 Å². The molecular weight excluding hydrogens is 220 g/mol. The third-order valence-corrected chi connectivity index (χ3v) is 3.03. The van der Waals surface area contributed by atoms with Gasteiger partial charge in [0.1, 0.15) is 0 Å². The Hall–Kier alpha value is -1.07. The minimum atomic E-state index is -0.154. The SMILES string of the molecule is C=CCN(CCO)C(=O)NC(C)C1CCOC1. The molecule has 2 amide bonds. The summed E-state index contributed by atoms with van der Waals surface area (Å²) in [7, 11) is 0. The smallest absolute Gasteiger partial charge is 0.317 e. The molecule has 2 unspecified atom stereocenters. The van der Waals surface area contributed by atoms with Crippen molar-refractivity contribution in [1.29, 1.82) is 0 Å². The standard InChI is InChI=1S/C12H22N2O3/c1-3-5-14(6-7-15)12(16)13-10(2)11-4-8-17-9-11/h3,10-11,15H,1,4-9H2,2H3,(H,13,16). The van der Waals surface area contributed by atoms with Crippen molar-refractivity contribution in [3.05, 3.63) is 12.7 Å². The lowest BCUT2D eigenvalue weighted by molar-refractivity contribution is 0.166. The summed E-state index contributed by atoms with van der Waals surface area (Å²) in [6.07, 6.45) is 2.64. The van der Waals surface area contributed by atoms with Gasteiger partial charge in [0.25, 0.3) is 0 Å². The Kier molecular flexibility index (Phi) is 6.00. The molecule has 5 nitrogen and oxygen atoms in total. The summed E-state index contributed by atoms with van der Waals surface area (Å²) in [5.41, 5.74) is 0. The number of hydrogen-bond acceptors (Lipinski definition) is 3. The zero-order valence-electron chi connectivity index (χ0n) is 10.4. The molecule has 0 aliphatic carbocycles. The van der Waals surface area contributed by atoms with E-state index in [9.17, 15) is 4.79 Å². The van der Waals surface area contributed by atoms with Gasteiger partial charge in [0.2, 0.25) is 0 Å². The van der Waals surface area contributed by atoms with Crippen molar-refractivity contribution in [3.63, 3.8) is 0 Å². The fourth-order valence-electron chi connectivity index (χ4n) is 1.90. The van der Waals surface area contributed by atoms with Crippen molar-refractivity contribution < 1.29 is 14.6 Å². The first-order valence-corrected chi connectivity index (χ1v) is 6.04. The predicted octanol–water partition coefficient (Wildman–Crippen LogP) is 0.601. The van der Waals surface area contributed by atoms with E-state index < -0.39 is 0 Å². The number of nitrogens with one attached hydrogen (secondary N) is 1. The molecule has 0 aromatic carbocycles. The summed E-state index contributed by atoms with van der Waals surface area (Å²) >= 11 is 0. The first-order chi connectivity index (χ1) is 8.19. The number of amides is 2. The molecule has 1 heterocycles. The molecule has 2 atom stereocenters. The van der Waals surface area contributed by atoms with E-state index in [1.807, 2.05) is 6.92 Å². The molecule has 0 spiro atoms. The maximum absolute atomic E-state index is 11.9. The largest absolute Gasteiger partial charge is 0.395 e. The van der Waals surface area contributed by atoms with E-state index in [0.717, 1.165) is 13.0 Å². The lowest BCUT2D eigenvalue weighted by Crippen LogP contribution is -2.47. The van der Waals surface area contributed by atoms with Crippen molar-refractivity contribution in [3.8, 4) is 0 Å². The Morgan fingerprint density at radius 1 is 1.76 bits per heavy atom. The van der Waals surface area contributed by atoms with Crippen LogP contribution in [0, 0.1) is 5.92 Å². The fourth-order valence-corrected chi connectivity index (χ4v) is 1.90. The molecule has 1 rings (SSSR count). The highest BCUT2D eigenvalue weighted by molar-refractivity contribution is 5.74. The van der Waals surface area contributed by atoms with E-state index in [0.29, 0.717) is 25.6 Å². The summed E-state index contributed by atoms with van der Waals surface area (Å²) in [5, 5.41) is 11.8. The molecule has 0 aromatic rings. The molecular formula is C12H22N2O3. The van der Waals surface area contributed by atoms with E-state index in [1.54, 1.807) is 11.0 Å². The molecule has 0 aromatic heterocycles. The van der Waals surface area contributed by atoms with Crippen LogP contribution >= 0.6 is 0 Å². The monoisotopic (exact) mass is 242 g/mol. The zero-order chi connectivity index (χ0) is 12.7. The number of hydrogen-bond donors (Lipinski definition) is 2. The van der Waals surface area contributed by atoms with Crippen LogP contribution in [0.15, 0.2) is 12.7 Å². The highest BCUT2D eigenvalue weighted by Gasteiger charge is 2.24. The van der Waals surface area contributed by atoms with Crippen LogP contribution in [-0.4, -0.2) is 55.0 Å². The molecule has 1 aliphatic heterocycles. The van der Waals surface area contributed by atoms with Crippen LogP contribution in [0.25, 0.3) is 0 Å². The average molecular weight is 242 g/mol. The molecule has 0 bridgehead atoms. The molecule has 0 saturated carbocycles. The number of aliphatic hydroxyl groups excluding tert-OH is 1. The summed E-state index contributed by atoms with van der Waals surface area (Å²) < 4.78 is 5.29. The number of carbonyl (C=O) groups is 1. The van der Waals surface area contributed by atoms with Gasteiger partial charge in [-0.05, 0) is 13.3 Å². The van der Waals surface area contributed by atoms with Crippen LogP contribution in [0.2, 0.25) is 0 Å². The number of nitrogens with zero attached hydrogens (tertiary/aromatic N) is 1. The van der Waals surface area contributed by atoms with Gasteiger partial charge in [0, 0.05) is 31.7 Å². The first-order valence-electron chi connectivity index (χ1n) is 6.04. The van der Waals surface area contributed by atoms with E-state index >= 15 is 0 Å². The molecule has 1 saturated heterocycles. The van der Waals surface area contributed by atoms with E-state index in [-0.39, 0.29) is 18.7 Å². The van der Waals surface area contributed by atoms with E-state index in [1.165, 1.54) is 0 Å². The minimum absolute atomic E-state index is 0.0395. The summed E-state index contributed by atoms with van der Waals surface area (Å²) in [6, 6.07) is -0.0608. The van der Waals surface area contributed by atoms with Gasteiger partial charge in [-0.1, -0.05) is 6.08 Å². The van der Waals surface area contributed by atoms with Gasteiger partial charge in [-0.25, -0.2) is 4.79 Å². The summed E-state index contributed by atoms with van der Waals surface area (Å²) in [5.74, 6) is 0.388. The van der Waals surface area contributed by atoms with Crippen LogP contribution in [0.5, 0.6) is 0 Å². The van der Waals surface area contributed by atoms with Crippen LogP contribution < -0.4 is 5.32 Å². The van der Waals surface area contributed by atoms with Gasteiger partial charge in [-0.15, -0.1) is 6.58 Å². The third kappa shape index (κ3) is 4.36. The summed E-state index contributed by atoms with van der Waals surface area (Å²) in [6.45, 7) is 7.80. The number of carbonyl (C=O) groups excluding carboxylic acids is 1. The lowest BCUT2D eigenvalue weighted by Gasteiger charge is -2.25. The van der Waals surface area contributed by atoms with Gasteiger partial charge < -0.3 is 20.1 Å². The van der Waals surface area contributed by atoms with Crippen molar-refractivity contribution in [2.45, 2.75) is 19.4 Å². The number of aliphatic hydroxyl groups is 1. The fraction of sp³-hybridized carbons (Fsp3) is 0.750. The molecule has 98 valence electrons. The Balaban J connectivity index is 2.41. The molecule has 1 fully saturated rings. The normalized spacial score (nSPS) is 20.9. The quantitative estimate of drug-likeness (QED) is 0.671. The Labute approximate surface area is 102 Å². The van der Waals surface area contributed by atoms with Crippen molar-refractivity contribution in [1.82, 2.24) is 10.2 Å². The highest BCUT2D eigenvalue weighted by Crippen LogP contribution is 2.16. The van der Waals surface area contributed by atoms with E-state index in [4.69, 9.17) is 9.84 Å². The van der Waals surface area contributed by atoms with Crippen LogP contribution in [0.1, 0.15) is 13.3 Å². The van der Waals surface area contributed by atoms with Gasteiger partial charge in [0.15, 0.2) is 0 Å². The Morgan fingerprint density at radius 2 is 2.53 bits per heavy atom. The summed E-state index contributed by atoms with van der Waals surface area (Å²) in [4.78, 5) is 13.4. The Bertz CT molecular complexity index is 252. The van der Waals surface area contributed by atoms with Gasteiger partial charge >= 0.3 is 6.03 Å². The van der Waals surface area contributed by atoms with E-state index in [2.05, 4.69) is 11.9 Å². The van der Waals surface area contributed by atoms with Gasteiger partial charge in [0.05, 0.1) is 13.2 Å². The van der Waals surface area contributed by atoms with Gasteiger partial charge in [-0.2, -0.15) is 0 Å². The molecule has 17 heavy (non-hydrogen) atoms. The molecule has 5 heteroatoms. The minimum Gasteiger partial charge on any atom is -0.395 e. The zero-order valence-corrected chi connectivity index (χ0v) is 10.4. The molecule has 1 aliphatic rings. The number of urea groups is 1. The second-order valence-corrected chi connectivity index (χ2v) is 4.32.